The summed E-state index contributed by atoms with van der Waals surface area (Å²) in [5.74, 6) is 0.839. The summed E-state index contributed by atoms with van der Waals surface area (Å²) in [6.45, 7) is 4.92. The average molecular weight is 344 g/mol. The lowest BCUT2D eigenvalue weighted by atomic mass is 10.2. The number of aryl methyl sites for hydroxylation is 2. The number of hydrogen-bond donors (Lipinski definition) is 1. The minimum absolute atomic E-state index is 0.211. The number of H-pyrrole nitrogens is 1. The van der Waals surface area contributed by atoms with Crippen molar-refractivity contribution < 1.29 is 4.74 Å². The van der Waals surface area contributed by atoms with Crippen LogP contribution in [-0.2, 0) is 6.54 Å². The summed E-state index contributed by atoms with van der Waals surface area (Å²) < 4.78 is 6.94. The topological polar surface area (TPSA) is 64.1 Å². The molecule has 0 radical (unpaired) electrons. The van der Waals surface area contributed by atoms with E-state index in [0.29, 0.717) is 29.8 Å². The van der Waals surface area contributed by atoms with E-state index in [9.17, 15) is 9.59 Å². The van der Waals surface area contributed by atoms with Crippen molar-refractivity contribution >= 4 is 21.6 Å². The van der Waals surface area contributed by atoms with Crippen LogP contribution in [0.25, 0.3) is 10.2 Å². The van der Waals surface area contributed by atoms with Crippen molar-refractivity contribution in [3.63, 3.8) is 0 Å². The molecule has 0 spiro atoms. The molecular formula is C18H20N2O3S. The Bertz CT molecular complexity index is 951. The first-order valence-corrected chi connectivity index (χ1v) is 8.79. The monoisotopic (exact) mass is 344 g/mol. The Morgan fingerprint density at radius 3 is 2.62 bits per heavy atom. The van der Waals surface area contributed by atoms with Gasteiger partial charge in [0.1, 0.15) is 10.6 Å². The highest BCUT2D eigenvalue weighted by Crippen LogP contribution is 2.18. The zero-order chi connectivity index (χ0) is 17.1. The SMILES string of the molecule is Cc1ccc(OCCCCn2c(=O)[nH]c3sc(C)cc3c2=O)cc1. The highest BCUT2D eigenvalue weighted by molar-refractivity contribution is 7.18. The third kappa shape index (κ3) is 3.59. The van der Waals surface area contributed by atoms with Gasteiger partial charge in [-0.2, -0.15) is 0 Å². The van der Waals surface area contributed by atoms with Gasteiger partial charge in [-0.3, -0.25) is 14.3 Å². The predicted octanol–water partition coefficient (Wildman–Crippen LogP) is 3.23. The Balaban J connectivity index is 1.59. The quantitative estimate of drug-likeness (QED) is 0.698. The molecule has 2 aromatic heterocycles. The number of aromatic nitrogens is 2. The molecule has 3 rings (SSSR count). The summed E-state index contributed by atoms with van der Waals surface area (Å²) in [5, 5.41) is 0.591. The number of nitrogens with one attached hydrogen (secondary N) is 1. The Morgan fingerprint density at radius 2 is 1.88 bits per heavy atom. The standard InChI is InChI=1S/C18H20N2O3S/c1-12-5-7-14(8-6-12)23-10-4-3-9-20-17(21)15-11-13(2)24-16(15)19-18(20)22/h5-8,11H,3-4,9-10H2,1-2H3,(H,19,22). The first-order chi connectivity index (χ1) is 11.5. The van der Waals surface area contributed by atoms with Crippen LogP contribution in [0.2, 0.25) is 0 Å². The lowest BCUT2D eigenvalue weighted by Gasteiger charge is -2.07. The second-order valence-corrected chi connectivity index (χ2v) is 7.11. The zero-order valence-electron chi connectivity index (χ0n) is 13.8. The summed E-state index contributed by atoms with van der Waals surface area (Å²) >= 11 is 1.43. The largest absolute Gasteiger partial charge is 0.494 e. The van der Waals surface area contributed by atoms with Crippen LogP contribution in [0.4, 0.5) is 0 Å². The molecule has 0 fully saturated rings. The molecule has 0 amide bonds. The Kier molecular flexibility index (Phi) is 4.85. The molecule has 0 saturated heterocycles. The minimum Gasteiger partial charge on any atom is -0.494 e. The summed E-state index contributed by atoms with van der Waals surface area (Å²) in [4.78, 5) is 28.9. The van der Waals surface area contributed by atoms with Crippen molar-refractivity contribution in [1.29, 1.82) is 0 Å². The summed E-state index contributed by atoms with van der Waals surface area (Å²) in [6, 6.07) is 9.73. The van der Waals surface area contributed by atoms with Gasteiger partial charge in [-0.1, -0.05) is 17.7 Å². The van der Waals surface area contributed by atoms with E-state index in [2.05, 4.69) is 4.98 Å². The summed E-state index contributed by atoms with van der Waals surface area (Å²) in [5.41, 5.74) is 0.645. The number of aromatic amines is 1. The number of benzene rings is 1. The van der Waals surface area contributed by atoms with Gasteiger partial charge in [0.2, 0.25) is 0 Å². The number of nitrogens with zero attached hydrogens (tertiary/aromatic N) is 1. The number of rotatable bonds is 6. The van der Waals surface area contributed by atoms with Gasteiger partial charge >= 0.3 is 5.69 Å². The van der Waals surface area contributed by atoms with Gasteiger partial charge < -0.3 is 4.74 Å². The molecule has 24 heavy (non-hydrogen) atoms. The van der Waals surface area contributed by atoms with Crippen LogP contribution in [0.15, 0.2) is 39.9 Å². The van der Waals surface area contributed by atoms with E-state index in [1.165, 1.54) is 21.5 Å². The van der Waals surface area contributed by atoms with E-state index >= 15 is 0 Å². The van der Waals surface area contributed by atoms with Crippen LogP contribution >= 0.6 is 11.3 Å². The van der Waals surface area contributed by atoms with Gasteiger partial charge in [0, 0.05) is 11.4 Å². The lowest BCUT2D eigenvalue weighted by molar-refractivity contribution is 0.302. The Labute approximate surface area is 143 Å². The van der Waals surface area contributed by atoms with Gasteiger partial charge in [-0.25, -0.2) is 4.79 Å². The van der Waals surface area contributed by atoms with Crippen molar-refractivity contribution in [2.75, 3.05) is 6.61 Å². The van der Waals surface area contributed by atoms with E-state index in [-0.39, 0.29) is 11.2 Å². The fourth-order valence-electron chi connectivity index (χ4n) is 2.57. The number of unbranched alkanes of at least 4 members (excludes halogenated alkanes) is 1. The maximum absolute atomic E-state index is 12.4. The molecule has 1 aromatic carbocycles. The third-order valence-electron chi connectivity index (χ3n) is 3.86. The smallest absolute Gasteiger partial charge is 0.329 e. The maximum atomic E-state index is 12.4. The van der Waals surface area contributed by atoms with Crippen molar-refractivity contribution in [3.05, 3.63) is 61.6 Å². The summed E-state index contributed by atoms with van der Waals surface area (Å²) in [6.07, 6.45) is 1.49. The van der Waals surface area contributed by atoms with Crippen molar-refractivity contribution in [1.82, 2.24) is 9.55 Å². The van der Waals surface area contributed by atoms with Gasteiger partial charge in [-0.15, -0.1) is 11.3 Å². The zero-order valence-corrected chi connectivity index (χ0v) is 14.6. The fourth-order valence-corrected chi connectivity index (χ4v) is 3.46. The van der Waals surface area contributed by atoms with Crippen LogP contribution in [0, 0.1) is 13.8 Å². The molecule has 0 saturated carbocycles. The number of ether oxygens (including phenoxy) is 1. The molecule has 0 unspecified atom stereocenters. The van der Waals surface area contributed by atoms with E-state index in [4.69, 9.17) is 4.74 Å². The van der Waals surface area contributed by atoms with Crippen LogP contribution in [0.1, 0.15) is 23.3 Å². The van der Waals surface area contributed by atoms with E-state index in [0.717, 1.165) is 17.0 Å². The second-order valence-electron chi connectivity index (χ2n) is 5.86. The molecule has 3 aromatic rings. The molecule has 0 bridgehead atoms. The van der Waals surface area contributed by atoms with Crippen LogP contribution in [0.3, 0.4) is 0 Å². The molecule has 0 aliphatic heterocycles. The van der Waals surface area contributed by atoms with Crippen molar-refractivity contribution in [2.45, 2.75) is 33.2 Å². The number of fused-ring (bicyclic) bond motifs is 1. The molecule has 0 aliphatic rings. The fraction of sp³-hybridized carbons (Fsp3) is 0.333. The molecular weight excluding hydrogens is 324 g/mol. The highest BCUT2D eigenvalue weighted by atomic mass is 32.1. The second kappa shape index (κ2) is 7.05. The van der Waals surface area contributed by atoms with Crippen LogP contribution in [-0.4, -0.2) is 16.2 Å². The van der Waals surface area contributed by atoms with E-state index in [1.807, 2.05) is 44.2 Å². The molecule has 6 heteroatoms. The molecule has 126 valence electrons. The minimum atomic E-state index is -0.339. The number of hydrogen-bond acceptors (Lipinski definition) is 4. The number of thiophene rings is 1. The predicted molar refractivity (Wildman–Crippen MR) is 97.4 cm³/mol. The van der Waals surface area contributed by atoms with E-state index < -0.39 is 0 Å². The van der Waals surface area contributed by atoms with Crippen LogP contribution < -0.4 is 16.0 Å². The normalized spacial score (nSPS) is 11.1. The summed E-state index contributed by atoms with van der Waals surface area (Å²) in [7, 11) is 0. The average Bonchev–Trinajstić information content (AvgIpc) is 2.92. The Morgan fingerprint density at radius 1 is 1.12 bits per heavy atom. The lowest BCUT2D eigenvalue weighted by Crippen LogP contribution is -2.34. The first kappa shape index (κ1) is 16.5. The molecule has 0 atom stereocenters. The molecule has 2 heterocycles. The van der Waals surface area contributed by atoms with Gasteiger partial charge in [0.15, 0.2) is 0 Å². The van der Waals surface area contributed by atoms with Crippen molar-refractivity contribution in [2.24, 2.45) is 0 Å². The van der Waals surface area contributed by atoms with Gasteiger partial charge in [0.25, 0.3) is 5.56 Å². The molecule has 0 aliphatic carbocycles. The van der Waals surface area contributed by atoms with Crippen molar-refractivity contribution in [3.8, 4) is 5.75 Å². The third-order valence-corrected chi connectivity index (χ3v) is 4.83. The van der Waals surface area contributed by atoms with Gasteiger partial charge in [0.05, 0.1) is 12.0 Å². The van der Waals surface area contributed by atoms with Crippen LogP contribution in [0.5, 0.6) is 5.75 Å². The van der Waals surface area contributed by atoms with Gasteiger partial charge in [-0.05, 0) is 44.9 Å². The maximum Gasteiger partial charge on any atom is 0.329 e. The molecule has 1 N–H and O–H groups in total. The first-order valence-electron chi connectivity index (χ1n) is 7.97. The molecule has 5 nitrogen and oxygen atoms in total. The Hall–Kier alpha value is -2.34. The highest BCUT2D eigenvalue weighted by Gasteiger charge is 2.09. The van der Waals surface area contributed by atoms with E-state index in [1.54, 1.807) is 0 Å².